The Hall–Kier alpha value is -2.66. The van der Waals surface area contributed by atoms with Crippen LogP contribution in [0.3, 0.4) is 0 Å². The molecule has 172 valence electrons. The van der Waals surface area contributed by atoms with E-state index in [1.54, 1.807) is 37.3 Å². The number of hydrogen-bond acceptors (Lipinski definition) is 7. The number of fused-ring (bicyclic) bond motifs is 1. The van der Waals surface area contributed by atoms with Crippen LogP contribution in [0.5, 0.6) is 0 Å². The third-order valence-electron chi connectivity index (χ3n) is 5.13. The minimum atomic E-state index is -3.10. The van der Waals surface area contributed by atoms with E-state index in [2.05, 4.69) is 16.9 Å². The topological polar surface area (TPSA) is 118 Å². The number of aromatic nitrogens is 2. The first-order valence-corrected chi connectivity index (χ1v) is 13.1. The van der Waals surface area contributed by atoms with Crippen molar-refractivity contribution in [3.8, 4) is 0 Å². The Balaban J connectivity index is 1.66. The van der Waals surface area contributed by atoms with Gasteiger partial charge in [-0.1, -0.05) is 30.0 Å². The third-order valence-corrected chi connectivity index (χ3v) is 7.86. The summed E-state index contributed by atoms with van der Waals surface area (Å²) in [7, 11) is -3.10. The van der Waals surface area contributed by atoms with E-state index >= 15 is 0 Å². The van der Waals surface area contributed by atoms with Gasteiger partial charge in [-0.25, -0.2) is 13.4 Å². The highest BCUT2D eigenvalue weighted by Crippen LogP contribution is 2.18. The van der Waals surface area contributed by atoms with Crippen molar-refractivity contribution >= 4 is 44.3 Å². The third kappa shape index (κ3) is 5.77. The fourth-order valence-corrected chi connectivity index (χ4v) is 6.08. The Morgan fingerprint density at radius 1 is 1.38 bits per heavy atom. The molecular weight excluding hydrogens is 452 g/mol. The second-order valence-electron chi connectivity index (χ2n) is 7.48. The van der Waals surface area contributed by atoms with E-state index in [4.69, 9.17) is 0 Å². The Bertz CT molecular complexity index is 1190. The van der Waals surface area contributed by atoms with E-state index < -0.39 is 15.9 Å². The van der Waals surface area contributed by atoms with E-state index in [0.717, 1.165) is 11.8 Å². The molecule has 2 aromatic rings. The zero-order chi connectivity index (χ0) is 23.3. The molecule has 9 nitrogen and oxygen atoms in total. The highest BCUT2D eigenvalue weighted by atomic mass is 32.2. The normalized spacial score (nSPS) is 17.2. The number of allylic oxidation sites excluding steroid dienone is 1. The van der Waals surface area contributed by atoms with Crippen molar-refractivity contribution in [2.75, 3.05) is 30.3 Å². The van der Waals surface area contributed by atoms with Gasteiger partial charge in [0.2, 0.25) is 11.8 Å². The molecule has 1 atom stereocenters. The SMILES string of the molecule is C=CCn1c(SCC(=O)N(CC)CC(=O)NC2CCS(=O)(=O)C2)nc2ccccc2c1=O. The van der Waals surface area contributed by atoms with Crippen LogP contribution in [-0.2, 0) is 26.0 Å². The molecule has 0 radical (unpaired) electrons. The van der Waals surface area contributed by atoms with Crippen molar-refractivity contribution in [3.63, 3.8) is 0 Å². The van der Waals surface area contributed by atoms with Crippen molar-refractivity contribution in [2.45, 2.75) is 31.1 Å². The highest BCUT2D eigenvalue weighted by molar-refractivity contribution is 7.99. The number of thioether (sulfide) groups is 1. The van der Waals surface area contributed by atoms with Crippen LogP contribution in [0.15, 0.2) is 46.9 Å². The number of para-hydroxylation sites is 1. The van der Waals surface area contributed by atoms with Crippen LogP contribution in [-0.4, -0.2) is 71.1 Å². The molecule has 11 heteroatoms. The van der Waals surface area contributed by atoms with Gasteiger partial charge >= 0.3 is 0 Å². The quantitative estimate of drug-likeness (QED) is 0.322. The highest BCUT2D eigenvalue weighted by Gasteiger charge is 2.29. The molecule has 0 aliphatic carbocycles. The summed E-state index contributed by atoms with van der Waals surface area (Å²) in [6, 6.07) is 6.60. The average Bonchev–Trinajstić information content (AvgIpc) is 3.10. The molecule has 1 aliphatic rings. The largest absolute Gasteiger partial charge is 0.351 e. The predicted molar refractivity (Wildman–Crippen MR) is 124 cm³/mol. The molecule has 3 rings (SSSR count). The second-order valence-corrected chi connectivity index (χ2v) is 10.7. The molecule has 0 bridgehead atoms. The molecule has 1 aromatic carbocycles. The summed E-state index contributed by atoms with van der Waals surface area (Å²) in [4.78, 5) is 43.8. The number of benzene rings is 1. The lowest BCUT2D eigenvalue weighted by Crippen LogP contribution is -2.45. The van der Waals surface area contributed by atoms with Gasteiger partial charge in [0.15, 0.2) is 15.0 Å². The molecule has 2 amide bonds. The molecule has 1 aromatic heterocycles. The second kappa shape index (κ2) is 10.3. The maximum Gasteiger partial charge on any atom is 0.262 e. The number of likely N-dealkylation sites (N-methyl/N-ethyl adjacent to an activating group) is 1. The first-order chi connectivity index (χ1) is 15.2. The Labute approximate surface area is 190 Å². The van der Waals surface area contributed by atoms with Gasteiger partial charge in [-0.2, -0.15) is 0 Å². The van der Waals surface area contributed by atoms with Crippen LogP contribution in [0.25, 0.3) is 10.9 Å². The van der Waals surface area contributed by atoms with Crippen LogP contribution in [0, 0.1) is 0 Å². The van der Waals surface area contributed by atoms with Gasteiger partial charge in [0, 0.05) is 19.1 Å². The van der Waals surface area contributed by atoms with Crippen LogP contribution < -0.4 is 10.9 Å². The monoisotopic (exact) mass is 478 g/mol. The Kier molecular flexibility index (Phi) is 7.73. The molecule has 1 saturated heterocycles. The smallest absolute Gasteiger partial charge is 0.262 e. The average molecular weight is 479 g/mol. The fourth-order valence-electron chi connectivity index (χ4n) is 3.50. The Morgan fingerprint density at radius 2 is 2.12 bits per heavy atom. The van der Waals surface area contributed by atoms with Crippen LogP contribution >= 0.6 is 11.8 Å². The van der Waals surface area contributed by atoms with E-state index in [1.165, 1.54) is 9.47 Å². The van der Waals surface area contributed by atoms with Gasteiger partial charge < -0.3 is 10.2 Å². The minimum Gasteiger partial charge on any atom is -0.351 e. The lowest BCUT2D eigenvalue weighted by atomic mass is 10.2. The summed E-state index contributed by atoms with van der Waals surface area (Å²) >= 11 is 1.13. The number of sulfone groups is 1. The molecule has 1 fully saturated rings. The summed E-state index contributed by atoms with van der Waals surface area (Å²) < 4.78 is 24.6. The molecule has 1 aliphatic heterocycles. The maximum absolute atomic E-state index is 12.8. The lowest BCUT2D eigenvalue weighted by Gasteiger charge is -2.21. The summed E-state index contributed by atoms with van der Waals surface area (Å²) in [5.41, 5.74) is 0.342. The fraction of sp³-hybridized carbons (Fsp3) is 0.429. The summed E-state index contributed by atoms with van der Waals surface area (Å²) in [5, 5.41) is 3.59. The zero-order valence-electron chi connectivity index (χ0n) is 17.8. The molecule has 0 saturated carbocycles. The zero-order valence-corrected chi connectivity index (χ0v) is 19.5. The van der Waals surface area contributed by atoms with Crippen molar-refractivity contribution in [3.05, 3.63) is 47.3 Å². The van der Waals surface area contributed by atoms with Crippen LogP contribution in [0.2, 0.25) is 0 Å². The van der Waals surface area contributed by atoms with Crippen molar-refractivity contribution < 1.29 is 18.0 Å². The number of carbonyl (C=O) groups is 2. The summed E-state index contributed by atoms with van der Waals surface area (Å²) in [5.74, 6) is -0.667. The molecule has 32 heavy (non-hydrogen) atoms. The minimum absolute atomic E-state index is 0.000844. The van der Waals surface area contributed by atoms with Gasteiger partial charge in [0.25, 0.3) is 5.56 Å². The maximum atomic E-state index is 12.8. The summed E-state index contributed by atoms with van der Waals surface area (Å²) in [6.07, 6.45) is 1.98. The van der Waals surface area contributed by atoms with Gasteiger partial charge in [-0.15, -0.1) is 6.58 Å². The first-order valence-electron chi connectivity index (χ1n) is 10.2. The number of nitrogens with one attached hydrogen (secondary N) is 1. The van der Waals surface area contributed by atoms with Gasteiger partial charge in [-0.05, 0) is 25.5 Å². The van der Waals surface area contributed by atoms with Crippen molar-refractivity contribution in [2.24, 2.45) is 0 Å². The number of hydrogen-bond donors (Lipinski definition) is 1. The number of nitrogens with zero attached hydrogens (tertiary/aromatic N) is 3. The number of amides is 2. The van der Waals surface area contributed by atoms with E-state index in [-0.39, 0.29) is 47.7 Å². The standard InChI is InChI=1S/C21H26N4O5S2/c1-3-10-25-20(28)16-7-5-6-8-17(16)23-21(25)31-13-19(27)24(4-2)12-18(26)22-15-9-11-32(29,30)14-15/h3,5-8,15H,1,4,9-14H2,2H3,(H,22,26). The van der Waals surface area contributed by atoms with Gasteiger partial charge in [0.05, 0.1) is 34.7 Å². The molecular formula is C21H26N4O5S2. The number of carbonyl (C=O) groups excluding carboxylic acids is 2. The van der Waals surface area contributed by atoms with Crippen LogP contribution in [0.1, 0.15) is 13.3 Å². The summed E-state index contributed by atoms with van der Waals surface area (Å²) in [6.45, 7) is 5.87. The van der Waals surface area contributed by atoms with Crippen molar-refractivity contribution in [1.82, 2.24) is 19.8 Å². The predicted octanol–water partition coefficient (Wildman–Crippen LogP) is 0.826. The molecule has 2 heterocycles. The first kappa shape index (κ1) is 24.0. The van der Waals surface area contributed by atoms with E-state index in [9.17, 15) is 22.8 Å². The van der Waals surface area contributed by atoms with E-state index in [0.29, 0.717) is 29.0 Å². The van der Waals surface area contributed by atoms with Crippen LogP contribution in [0.4, 0.5) is 0 Å². The number of rotatable bonds is 9. The Morgan fingerprint density at radius 3 is 2.78 bits per heavy atom. The van der Waals surface area contributed by atoms with Crippen molar-refractivity contribution in [1.29, 1.82) is 0 Å². The lowest BCUT2D eigenvalue weighted by molar-refractivity contribution is -0.134. The molecule has 1 N–H and O–H groups in total. The van der Waals surface area contributed by atoms with E-state index in [1.807, 2.05) is 0 Å². The molecule has 1 unspecified atom stereocenters. The molecule has 0 spiro atoms. The van der Waals surface area contributed by atoms with Gasteiger partial charge in [-0.3, -0.25) is 19.0 Å². The van der Waals surface area contributed by atoms with Gasteiger partial charge in [0.1, 0.15) is 0 Å².